The van der Waals surface area contributed by atoms with Crippen LogP contribution in [0.5, 0.6) is 0 Å². The second-order valence-corrected chi connectivity index (χ2v) is 9.45. The van der Waals surface area contributed by atoms with Crippen LogP contribution in [0.4, 0.5) is 4.79 Å². The van der Waals surface area contributed by atoms with E-state index in [1.807, 2.05) is 20.8 Å². The van der Waals surface area contributed by atoms with Crippen molar-refractivity contribution in [3.05, 3.63) is 34.9 Å². The summed E-state index contributed by atoms with van der Waals surface area (Å²) in [6, 6.07) is 6.57. The maximum atomic E-state index is 12.3. The van der Waals surface area contributed by atoms with Crippen LogP contribution in [-0.4, -0.2) is 44.1 Å². The second-order valence-electron chi connectivity index (χ2n) is 7.21. The van der Waals surface area contributed by atoms with Crippen molar-refractivity contribution < 1.29 is 17.9 Å². The molecule has 1 aromatic rings. The van der Waals surface area contributed by atoms with Crippen molar-refractivity contribution in [1.82, 2.24) is 9.62 Å². The summed E-state index contributed by atoms with van der Waals surface area (Å²) in [6.07, 6.45) is 1.18. The van der Waals surface area contributed by atoms with Gasteiger partial charge in [0.2, 0.25) is 10.0 Å². The SMILES string of the molecule is CC(C)(C)OC(=O)N1CCC[C@H]1CNS(=O)(=O)Cc1cccc(Cl)c1. The predicted octanol–water partition coefficient (Wildman–Crippen LogP) is 3.16. The lowest BCUT2D eigenvalue weighted by molar-refractivity contribution is 0.0229. The monoisotopic (exact) mass is 388 g/mol. The van der Waals surface area contributed by atoms with Gasteiger partial charge in [0, 0.05) is 24.2 Å². The summed E-state index contributed by atoms with van der Waals surface area (Å²) >= 11 is 5.89. The molecule has 6 nitrogen and oxygen atoms in total. The fraction of sp³-hybridized carbons (Fsp3) is 0.588. The lowest BCUT2D eigenvalue weighted by Gasteiger charge is -2.28. The summed E-state index contributed by atoms with van der Waals surface area (Å²) in [5, 5.41) is 0.500. The van der Waals surface area contributed by atoms with Crippen molar-refractivity contribution >= 4 is 27.7 Å². The molecule has 25 heavy (non-hydrogen) atoms. The third-order valence-electron chi connectivity index (χ3n) is 3.79. The highest BCUT2D eigenvalue weighted by atomic mass is 35.5. The molecule has 0 aliphatic carbocycles. The molecule has 1 saturated heterocycles. The minimum atomic E-state index is -3.51. The van der Waals surface area contributed by atoms with E-state index in [-0.39, 0.29) is 18.3 Å². The molecule has 0 saturated carbocycles. The van der Waals surface area contributed by atoms with Gasteiger partial charge in [0.05, 0.1) is 5.75 Å². The number of likely N-dealkylation sites (tertiary alicyclic amines) is 1. The summed E-state index contributed by atoms with van der Waals surface area (Å²) in [5.41, 5.74) is 0.0477. The third kappa shape index (κ3) is 6.49. The van der Waals surface area contributed by atoms with Crippen molar-refractivity contribution in [3.8, 4) is 0 Å². The van der Waals surface area contributed by atoms with Gasteiger partial charge in [-0.25, -0.2) is 17.9 Å². The molecule has 1 N–H and O–H groups in total. The van der Waals surface area contributed by atoms with E-state index in [1.54, 1.807) is 29.2 Å². The van der Waals surface area contributed by atoms with Crippen LogP contribution in [0.1, 0.15) is 39.2 Å². The van der Waals surface area contributed by atoms with E-state index in [0.29, 0.717) is 17.1 Å². The van der Waals surface area contributed by atoms with Gasteiger partial charge in [0.25, 0.3) is 0 Å². The van der Waals surface area contributed by atoms with Crippen LogP contribution < -0.4 is 4.72 Å². The Hall–Kier alpha value is -1.31. The standard InChI is InChI=1S/C17H25ClN2O4S/c1-17(2,3)24-16(21)20-9-5-8-15(20)11-19-25(22,23)12-13-6-4-7-14(18)10-13/h4,6-7,10,15,19H,5,8-9,11-12H2,1-3H3/t15-/m0/s1. The number of hydrogen-bond acceptors (Lipinski definition) is 4. The summed E-state index contributed by atoms with van der Waals surface area (Å²) in [5.74, 6) is -0.146. The highest BCUT2D eigenvalue weighted by Gasteiger charge is 2.32. The number of hydrogen-bond donors (Lipinski definition) is 1. The molecule has 0 radical (unpaired) electrons. The van der Waals surface area contributed by atoms with Gasteiger partial charge >= 0.3 is 6.09 Å². The average Bonchev–Trinajstić information content (AvgIpc) is 2.91. The van der Waals surface area contributed by atoms with E-state index in [4.69, 9.17) is 16.3 Å². The molecule has 1 amide bonds. The Morgan fingerprint density at radius 3 is 2.76 bits per heavy atom. The van der Waals surface area contributed by atoms with Crippen LogP contribution >= 0.6 is 11.6 Å². The fourth-order valence-corrected chi connectivity index (χ4v) is 4.11. The van der Waals surface area contributed by atoms with E-state index >= 15 is 0 Å². The molecule has 1 fully saturated rings. The Morgan fingerprint density at radius 2 is 2.12 bits per heavy atom. The number of halogens is 1. The molecule has 8 heteroatoms. The first-order chi connectivity index (χ1) is 11.6. The molecular formula is C17H25ClN2O4S. The minimum Gasteiger partial charge on any atom is -0.444 e. The zero-order valence-electron chi connectivity index (χ0n) is 14.8. The van der Waals surface area contributed by atoms with Crippen molar-refractivity contribution in [2.45, 2.75) is 51.0 Å². The third-order valence-corrected chi connectivity index (χ3v) is 5.34. The first kappa shape index (κ1) is 20.0. The van der Waals surface area contributed by atoms with Crippen LogP contribution in [0.25, 0.3) is 0 Å². The van der Waals surface area contributed by atoms with E-state index in [0.717, 1.165) is 12.8 Å². The molecule has 140 valence electrons. The van der Waals surface area contributed by atoms with Crippen molar-refractivity contribution in [2.75, 3.05) is 13.1 Å². The van der Waals surface area contributed by atoms with E-state index in [2.05, 4.69) is 4.72 Å². The van der Waals surface area contributed by atoms with Crippen LogP contribution in [-0.2, 0) is 20.5 Å². The molecule has 1 heterocycles. The zero-order valence-corrected chi connectivity index (χ0v) is 16.4. The highest BCUT2D eigenvalue weighted by molar-refractivity contribution is 7.88. The molecule has 0 unspecified atom stereocenters. The molecule has 0 spiro atoms. The number of rotatable bonds is 5. The Labute approximate surface area is 154 Å². The van der Waals surface area contributed by atoms with Crippen LogP contribution in [0.15, 0.2) is 24.3 Å². The van der Waals surface area contributed by atoms with Crippen LogP contribution in [0, 0.1) is 0 Å². The van der Waals surface area contributed by atoms with Crippen LogP contribution in [0.2, 0.25) is 5.02 Å². The predicted molar refractivity (Wildman–Crippen MR) is 98.0 cm³/mol. The number of amides is 1. The zero-order chi connectivity index (χ0) is 18.7. The van der Waals surface area contributed by atoms with Gasteiger partial charge < -0.3 is 9.64 Å². The Kier molecular flexibility index (Phi) is 6.35. The maximum absolute atomic E-state index is 12.3. The number of nitrogens with zero attached hydrogens (tertiary/aromatic N) is 1. The summed E-state index contributed by atoms with van der Waals surface area (Å²) in [7, 11) is -3.51. The lowest BCUT2D eigenvalue weighted by Crippen LogP contribution is -2.45. The van der Waals surface area contributed by atoms with Gasteiger partial charge in [-0.2, -0.15) is 0 Å². The van der Waals surface area contributed by atoms with Crippen molar-refractivity contribution in [2.24, 2.45) is 0 Å². The van der Waals surface area contributed by atoms with Crippen LogP contribution in [0.3, 0.4) is 0 Å². The Morgan fingerprint density at radius 1 is 1.40 bits per heavy atom. The first-order valence-electron chi connectivity index (χ1n) is 8.27. The number of benzene rings is 1. The highest BCUT2D eigenvalue weighted by Crippen LogP contribution is 2.21. The quantitative estimate of drug-likeness (QED) is 0.840. The van der Waals surface area contributed by atoms with Gasteiger partial charge in [-0.15, -0.1) is 0 Å². The fourth-order valence-electron chi connectivity index (χ4n) is 2.73. The van der Waals surface area contributed by atoms with Gasteiger partial charge in [0.1, 0.15) is 5.60 Å². The van der Waals surface area contributed by atoms with Crippen molar-refractivity contribution in [3.63, 3.8) is 0 Å². The average molecular weight is 389 g/mol. The topological polar surface area (TPSA) is 75.7 Å². The van der Waals surface area contributed by atoms with Gasteiger partial charge in [-0.3, -0.25) is 0 Å². The van der Waals surface area contributed by atoms with Gasteiger partial charge in [-0.05, 0) is 51.3 Å². The number of nitrogens with one attached hydrogen (secondary N) is 1. The molecular weight excluding hydrogens is 364 g/mol. The molecule has 2 rings (SSSR count). The molecule has 1 aliphatic rings. The van der Waals surface area contributed by atoms with E-state index in [9.17, 15) is 13.2 Å². The second kappa shape index (κ2) is 7.93. The smallest absolute Gasteiger partial charge is 0.410 e. The molecule has 1 atom stereocenters. The molecule has 1 aliphatic heterocycles. The number of carbonyl (C=O) groups is 1. The molecule has 0 bridgehead atoms. The minimum absolute atomic E-state index is 0.146. The Balaban J connectivity index is 1.93. The Bertz CT molecular complexity index is 716. The summed E-state index contributed by atoms with van der Waals surface area (Å²) < 4.78 is 32.6. The van der Waals surface area contributed by atoms with Gasteiger partial charge in [0.15, 0.2) is 0 Å². The summed E-state index contributed by atoms with van der Waals surface area (Å²) in [4.78, 5) is 13.8. The molecule has 1 aromatic carbocycles. The van der Waals surface area contributed by atoms with Gasteiger partial charge in [-0.1, -0.05) is 23.7 Å². The maximum Gasteiger partial charge on any atom is 0.410 e. The van der Waals surface area contributed by atoms with Crippen molar-refractivity contribution in [1.29, 1.82) is 0 Å². The largest absolute Gasteiger partial charge is 0.444 e. The van der Waals surface area contributed by atoms with E-state index in [1.165, 1.54) is 0 Å². The number of ether oxygens (including phenoxy) is 1. The number of sulfonamides is 1. The molecule has 0 aromatic heterocycles. The summed E-state index contributed by atoms with van der Waals surface area (Å²) in [6.45, 7) is 6.19. The van der Waals surface area contributed by atoms with E-state index < -0.39 is 21.7 Å². The number of carbonyl (C=O) groups excluding carboxylic acids is 1. The normalized spacial score (nSPS) is 18.4. The lowest BCUT2D eigenvalue weighted by atomic mass is 10.2. The first-order valence-corrected chi connectivity index (χ1v) is 10.3.